The molecule has 2 aromatic rings. The molecule has 14 heavy (non-hydrogen) atoms. The Labute approximate surface area is 81.2 Å². The summed E-state index contributed by atoms with van der Waals surface area (Å²) in [6.45, 7) is 1.87. The van der Waals surface area contributed by atoms with Crippen molar-refractivity contribution in [3.05, 3.63) is 30.1 Å². The summed E-state index contributed by atoms with van der Waals surface area (Å²) in [5, 5.41) is 5.04. The molecule has 0 aromatic carbocycles. The molecule has 74 valence electrons. The highest BCUT2D eigenvalue weighted by molar-refractivity contribution is 7.89. The Kier molecular flexibility index (Phi) is 1.83. The fraction of sp³-hybridized carbons (Fsp3) is 0.125. The number of nitrogens with two attached hydrogens (primary N) is 1. The minimum absolute atomic E-state index is 0.0104. The highest BCUT2D eigenvalue weighted by atomic mass is 32.2. The van der Waals surface area contributed by atoms with E-state index in [0.717, 1.165) is 5.56 Å². The molecule has 0 radical (unpaired) electrons. The van der Waals surface area contributed by atoms with Crippen molar-refractivity contribution in [1.29, 1.82) is 0 Å². The molecule has 0 unspecified atom stereocenters. The van der Waals surface area contributed by atoms with Gasteiger partial charge in [-0.15, -0.1) is 0 Å². The summed E-state index contributed by atoms with van der Waals surface area (Å²) >= 11 is 0. The number of aromatic nitrogens is 2. The van der Waals surface area contributed by atoms with E-state index in [9.17, 15) is 8.42 Å². The number of pyridine rings is 1. The number of rotatable bonds is 1. The molecule has 2 rings (SSSR count). The molecule has 0 atom stereocenters. The first-order valence-electron chi connectivity index (χ1n) is 3.95. The fourth-order valence-corrected chi connectivity index (χ4v) is 1.89. The van der Waals surface area contributed by atoms with Gasteiger partial charge < -0.3 is 0 Å². The lowest BCUT2D eigenvalue weighted by molar-refractivity contribution is 0.593. The van der Waals surface area contributed by atoms with Gasteiger partial charge in [-0.1, -0.05) is 6.07 Å². The van der Waals surface area contributed by atoms with Crippen LogP contribution in [0.2, 0.25) is 0 Å². The van der Waals surface area contributed by atoms with Crippen LogP contribution >= 0.6 is 0 Å². The standard InChI is InChI=1S/C8H9N3O2S/c1-6-2-3-7-10-4-8(11(7)5-6)14(9,12)13/h2-5H,1H3,(H2,9,12,13). The Balaban J connectivity index is 2.87. The maximum atomic E-state index is 11.1. The highest BCUT2D eigenvalue weighted by Crippen LogP contribution is 2.11. The maximum absolute atomic E-state index is 11.1. The molecular formula is C8H9N3O2S. The lowest BCUT2D eigenvalue weighted by Gasteiger charge is -1.99. The molecule has 2 heterocycles. The Hall–Kier alpha value is -1.40. The third-order valence-corrected chi connectivity index (χ3v) is 2.80. The highest BCUT2D eigenvalue weighted by Gasteiger charge is 2.13. The van der Waals surface area contributed by atoms with Crippen molar-refractivity contribution in [2.45, 2.75) is 11.9 Å². The van der Waals surface area contributed by atoms with Gasteiger partial charge >= 0.3 is 0 Å². The van der Waals surface area contributed by atoms with Crippen molar-refractivity contribution in [2.24, 2.45) is 5.14 Å². The zero-order chi connectivity index (χ0) is 10.3. The maximum Gasteiger partial charge on any atom is 0.255 e. The first-order valence-corrected chi connectivity index (χ1v) is 5.49. The average Bonchev–Trinajstić information content (AvgIpc) is 2.45. The molecule has 5 nitrogen and oxygen atoms in total. The lowest BCUT2D eigenvalue weighted by atomic mass is 10.3. The molecule has 2 aromatic heterocycles. The van der Waals surface area contributed by atoms with Crippen LogP contribution in [0.1, 0.15) is 5.56 Å². The molecule has 0 bridgehead atoms. The summed E-state index contributed by atoms with van der Waals surface area (Å²) in [5.41, 5.74) is 1.51. The van der Waals surface area contributed by atoms with Gasteiger partial charge in [0.2, 0.25) is 0 Å². The van der Waals surface area contributed by atoms with Gasteiger partial charge in [-0.25, -0.2) is 18.5 Å². The van der Waals surface area contributed by atoms with Crippen LogP contribution < -0.4 is 5.14 Å². The minimum atomic E-state index is -3.70. The van der Waals surface area contributed by atoms with E-state index in [1.54, 1.807) is 12.3 Å². The van der Waals surface area contributed by atoms with E-state index >= 15 is 0 Å². The number of fused-ring (bicyclic) bond motifs is 1. The van der Waals surface area contributed by atoms with Crippen LogP contribution in [0.15, 0.2) is 29.6 Å². The number of sulfonamides is 1. The molecule has 0 aliphatic rings. The summed E-state index contributed by atoms with van der Waals surface area (Å²) in [6, 6.07) is 3.60. The zero-order valence-electron chi connectivity index (χ0n) is 7.51. The van der Waals surface area contributed by atoms with Crippen LogP contribution in [-0.2, 0) is 10.0 Å². The first-order chi connectivity index (χ1) is 6.48. The van der Waals surface area contributed by atoms with Gasteiger partial charge in [0.1, 0.15) is 5.65 Å². The Morgan fingerprint density at radius 1 is 1.43 bits per heavy atom. The predicted molar refractivity (Wildman–Crippen MR) is 51.3 cm³/mol. The summed E-state index contributed by atoms with van der Waals surface area (Å²) in [7, 11) is -3.70. The van der Waals surface area contributed by atoms with Crippen LogP contribution in [0.25, 0.3) is 5.65 Å². The summed E-state index contributed by atoms with van der Waals surface area (Å²) < 4.78 is 23.7. The largest absolute Gasteiger partial charge is 0.289 e. The van der Waals surface area contributed by atoms with E-state index in [1.165, 1.54) is 10.6 Å². The number of nitrogens with zero attached hydrogens (tertiary/aromatic N) is 2. The molecule has 0 saturated carbocycles. The molecule has 0 fully saturated rings. The predicted octanol–water partition coefficient (Wildman–Crippen LogP) is 0.290. The van der Waals surface area contributed by atoms with Crippen molar-refractivity contribution in [2.75, 3.05) is 0 Å². The summed E-state index contributed by atoms with van der Waals surface area (Å²) in [5.74, 6) is 0. The second-order valence-electron chi connectivity index (χ2n) is 3.08. The SMILES string of the molecule is Cc1ccc2ncc(S(N)(=O)=O)n2c1. The van der Waals surface area contributed by atoms with Crippen LogP contribution in [0.3, 0.4) is 0 Å². The van der Waals surface area contributed by atoms with E-state index < -0.39 is 10.0 Å². The molecule has 6 heteroatoms. The molecule has 0 amide bonds. The van der Waals surface area contributed by atoms with Crippen LogP contribution in [0.4, 0.5) is 0 Å². The number of primary sulfonamides is 1. The van der Waals surface area contributed by atoms with Crippen molar-refractivity contribution >= 4 is 15.7 Å². The Morgan fingerprint density at radius 2 is 2.14 bits per heavy atom. The topological polar surface area (TPSA) is 77.5 Å². The van der Waals surface area contributed by atoms with Crippen molar-refractivity contribution in [3.63, 3.8) is 0 Å². The molecule has 2 N–H and O–H groups in total. The molecule has 0 aliphatic heterocycles. The average molecular weight is 211 g/mol. The number of imidazole rings is 1. The normalized spacial score (nSPS) is 12.1. The summed E-state index contributed by atoms with van der Waals surface area (Å²) in [6.07, 6.45) is 2.94. The fourth-order valence-electron chi connectivity index (χ4n) is 1.27. The molecule has 0 aliphatic carbocycles. The van der Waals surface area contributed by atoms with Crippen LogP contribution in [0.5, 0.6) is 0 Å². The second kappa shape index (κ2) is 2.79. The van der Waals surface area contributed by atoms with Gasteiger partial charge in [0.25, 0.3) is 10.0 Å². The zero-order valence-corrected chi connectivity index (χ0v) is 8.32. The van der Waals surface area contributed by atoms with Gasteiger partial charge in [-0.05, 0) is 18.6 Å². The van der Waals surface area contributed by atoms with E-state index in [0.29, 0.717) is 5.65 Å². The molecule has 0 saturated heterocycles. The van der Waals surface area contributed by atoms with E-state index in [1.807, 2.05) is 13.0 Å². The van der Waals surface area contributed by atoms with Crippen LogP contribution in [-0.4, -0.2) is 17.8 Å². The number of hydrogen-bond donors (Lipinski definition) is 1. The molecule has 0 spiro atoms. The summed E-state index contributed by atoms with van der Waals surface area (Å²) in [4.78, 5) is 3.93. The van der Waals surface area contributed by atoms with Gasteiger partial charge in [0, 0.05) is 6.20 Å². The quantitative estimate of drug-likeness (QED) is 0.736. The van der Waals surface area contributed by atoms with Gasteiger partial charge in [-0.3, -0.25) is 4.40 Å². The number of hydrogen-bond acceptors (Lipinski definition) is 3. The van der Waals surface area contributed by atoms with E-state index in [4.69, 9.17) is 5.14 Å². The van der Waals surface area contributed by atoms with E-state index in [2.05, 4.69) is 4.98 Å². The third kappa shape index (κ3) is 1.38. The third-order valence-electron chi connectivity index (χ3n) is 1.91. The lowest BCUT2D eigenvalue weighted by Crippen LogP contribution is -2.14. The molecular weight excluding hydrogens is 202 g/mol. The number of aryl methyl sites for hydroxylation is 1. The van der Waals surface area contributed by atoms with Gasteiger partial charge in [-0.2, -0.15) is 0 Å². The van der Waals surface area contributed by atoms with Crippen molar-refractivity contribution in [1.82, 2.24) is 9.38 Å². The first kappa shape index (κ1) is 9.17. The smallest absolute Gasteiger partial charge is 0.255 e. The Morgan fingerprint density at radius 3 is 2.79 bits per heavy atom. The van der Waals surface area contributed by atoms with Crippen molar-refractivity contribution < 1.29 is 8.42 Å². The van der Waals surface area contributed by atoms with Gasteiger partial charge in [0.15, 0.2) is 5.03 Å². The van der Waals surface area contributed by atoms with Gasteiger partial charge in [0.05, 0.1) is 6.20 Å². The Bertz CT molecular complexity index is 586. The second-order valence-corrected chi connectivity index (χ2v) is 4.58. The van der Waals surface area contributed by atoms with E-state index in [-0.39, 0.29) is 5.03 Å². The monoisotopic (exact) mass is 211 g/mol. The minimum Gasteiger partial charge on any atom is -0.289 e. The van der Waals surface area contributed by atoms with Crippen molar-refractivity contribution in [3.8, 4) is 0 Å². The van der Waals surface area contributed by atoms with Crippen LogP contribution in [0, 0.1) is 6.92 Å².